The van der Waals surface area contributed by atoms with E-state index >= 15 is 0 Å². The zero-order chi connectivity index (χ0) is 23.4. The maximum absolute atomic E-state index is 13.1. The van der Waals surface area contributed by atoms with Gasteiger partial charge in [-0.15, -0.1) is 11.3 Å². The van der Waals surface area contributed by atoms with Gasteiger partial charge in [-0.2, -0.15) is 0 Å². The van der Waals surface area contributed by atoms with Crippen molar-refractivity contribution >= 4 is 33.9 Å². The van der Waals surface area contributed by atoms with Crippen LogP contribution in [0.2, 0.25) is 0 Å². The molecular formula is C25H22N2O5S. The minimum atomic E-state index is -0.885. The molecule has 1 amide bonds. The molecule has 1 saturated heterocycles. The van der Waals surface area contributed by atoms with Crippen LogP contribution in [0.15, 0.2) is 78.3 Å². The summed E-state index contributed by atoms with van der Waals surface area (Å²) < 4.78 is 11.4. The number of amides is 1. The highest BCUT2D eigenvalue weighted by atomic mass is 32.1. The van der Waals surface area contributed by atoms with Gasteiger partial charge in [0.15, 0.2) is 16.6 Å². The molecule has 7 nitrogen and oxygen atoms in total. The normalized spacial score (nSPS) is 17.2. The van der Waals surface area contributed by atoms with Crippen LogP contribution in [-0.4, -0.2) is 35.0 Å². The van der Waals surface area contributed by atoms with Crippen LogP contribution in [0.1, 0.15) is 24.1 Å². The van der Waals surface area contributed by atoms with Crippen LogP contribution in [0.5, 0.6) is 11.5 Å². The molecule has 2 heterocycles. The highest BCUT2D eigenvalue weighted by molar-refractivity contribution is 7.14. The fourth-order valence-electron chi connectivity index (χ4n) is 3.66. The summed E-state index contributed by atoms with van der Waals surface area (Å²) in [5, 5.41) is 13.2. The Hall–Kier alpha value is -3.91. The first-order chi connectivity index (χ1) is 16.1. The van der Waals surface area contributed by atoms with E-state index in [-0.39, 0.29) is 11.3 Å². The second kappa shape index (κ2) is 9.70. The molecule has 2 aromatic carbocycles. The first kappa shape index (κ1) is 22.3. The van der Waals surface area contributed by atoms with Crippen molar-refractivity contribution in [3.63, 3.8) is 0 Å². The Balaban J connectivity index is 1.90. The average molecular weight is 463 g/mol. The van der Waals surface area contributed by atoms with Gasteiger partial charge in [0.2, 0.25) is 0 Å². The lowest BCUT2D eigenvalue weighted by Gasteiger charge is -2.24. The number of Topliss-reactive ketones (excluding diaryl/α,β-unsaturated/α-hetero) is 1. The molecule has 1 aromatic heterocycles. The van der Waals surface area contributed by atoms with Crippen molar-refractivity contribution in [3.05, 3.63) is 89.5 Å². The number of rotatable bonds is 8. The lowest BCUT2D eigenvalue weighted by molar-refractivity contribution is -0.132. The van der Waals surface area contributed by atoms with Gasteiger partial charge < -0.3 is 14.6 Å². The molecule has 33 heavy (non-hydrogen) atoms. The Morgan fingerprint density at radius 3 is 2.64 bits per heavy atom. The molecule has 0 radical (unpaired) electrons. The van der Waals surface area contributed by atoms with E-state index in [1.807, 2.05) is 6.92 Å². The number of hydrogen-bond acceptors (Lipinski definition) is 7. The molecular weight excluding hydrogens is 440 g/mol. The summed E-state index contributed by atoms with van der Waals surface area (Å²) >= 11 is 1.23. The average Bonchev–Trinajstić information content (AvgIpc) is 3.45. The van der Waals surface area contributed by atoms with Gasteiger partial charge >= 0.3 is 5.91 Å². The molecule has 0 saturated carbocycles. The van der Waals surface area contributed by atoms with Gasteiger partial charge in [0, 0.05) is 17.1 Å². The number of benzene rings is 2. The van der Waals surface area contributed by atoms with Crippen molar-refractivity contribution in [1.82, 2.24) is 4.98 Å². The van der Waals surface area contributed by atoms with E-state index in [1.165, 1.54) is 16.2 Å². The third-order valence-corrected chi connectivity index (χ3v) is 5.83. The van der Waals surface area contributed by atoms with Crippen LogP contribution in [0.4, 0.5) is 5.13 Å². The standard InChI is InChI=1S/C25H22N2O5S/c1-3-13-32-18-11-10-17(15-19(18)31-4-2)21-20(22(28)16-8-6-5-7-9-16)23(29)24(30)27(21)25-26-12-14-33-25/h3,5-12,14-15,21,28H,1,4,13H2,2H3. The summed E-state index contributed by atoms with van der Waals surface area (Å²) in [5.74, 6) is -0.808. The van der Waals surface area contributed by atoms with Crippen molar-refractivity contribution in [2.45, 2.75) is 13.0 Å². The number of anilines is 1. The Morgan fingerprint density at radius 1 is 1.18 bits per heavy atom. The van der Waals surface area contributed by atoms with Crippen LogP contribution < -0.4 is 14.4 Å². The lowest BCUT2D eigenvalue weighted by atomic mass is 9.95. The molecule has 1 N–H and O–H groups in total. The molecule has 0 bridgehead atoms. The van der Waals surface area contributed by atoms with Crippen LogP contribution in [-0.2, 0) is 9.59 Å². The summed E-state index contributed by atoms with van der Waals surface area (Å²) in [5.41, 5.74) is 1.01. The molecule has 1 fully saturated rings. The summed E-state index contributed by atoms with van der Waals surface area (Å²) in [6.07, 6.45) is 3.19. The minimum Gasteiger partial charge on any atom is -0.507 e. The van der Waals surface area contributed by atoms with Gasteiger partial charge in [0.05, 0.1) is 18.2 Å². The Morgan fingerprint density at radius 2 is 1.97 bits per heavy atom. The zero-order valence-electron chi connectivity index (χ0n) is 17.9. The minimum absolute atomic E-state index is 0.0105. The quantitative estimate of drug-likeness (QED) is 0.225. The number of hydrogen-bond donors (Lipinski definition) is 1. The van der Waals surface area contributed by atoms with Gasteiger partial charge in [0.25, 0.3) is 5.78 Å². The molecule has 1 unspecified atom stereocenters. The second-order valence-corrected chi connectivity index (χ2v) is 7.96. The van der Waals surface area contributed by atoms with E-state index in [2.05, 4.69) is 11.6 Å². The molecule has 0 aliphatic carbocycles. The Bertz CT molecular complexity index is 1200. The van der Waals surface area contributed by atoms with Crippen LogP contribution in [0, 0.1) is 0 Å². The fourth-order valence-corrected chi connectivity index (χ4v) is 4.33. The first-order valence-electron chi connectivity index (χ1n) is 10.3. The van der Waals surface area contributed by atoms with Crippen molar-refractivity contribution in [2.24, 2.45) is 0 Å². The number of thiazole rings is 1. The number of carbonyl (C=O) groups excluding carboxylic acids is 2. The highest BCUT2D eigenvalue weighted by Crippen LogP contribution is 2.44. The number of aromatic nitrogens is 1. The number of ketones is 1. The molecule has 0 spiro atoms. The number of nitrogens with zero attached hydrogens (tertiary/aromatic N) is 2. The van der Waals surface area contributed by atoms with Crippen molar-refractivity contribution in [3.8, 4) is 11.5 Å². The number of aliphatic hydroxyl groups is 1. The van der Waals surface area contributed by atoms with Gasteiger partial charge in [-0.25, -0.2) is 4.98 Å². The maximum atomic E-state index is 13.1. The third kappa shape index (κ3) is 4.25. The van der Waals surface area contributed by atoms with Gasteiger partial charge in [-0.05, 0) is 24.6 Å². The Labute approximate surface area is 195 Å². The Kier molecular flexibility index (Phi) is 6.55. The fraction of sp³-hybridized carbons (Fsp3) is 0.160. The van der Waals surface area contributed by atoms with Crippen molar-refractivity contribution in [1.29, 1.82) is 0 Å². The molecule has 8 heteroatoms. The van der Waals surface area contributed by atoms with Crippen molar-refractivity contribution in [2.75, 3.05) is 18.1 Å². The number of carbonyl (C=O) groups is 2. The van der Waals surface area contributed by atoms with E-state index in [0.717, 1.165) is 0 Å². The SMILES string of the molecule is C=CCOc1ccc(C2C(=C(O)c3ccccc3)C(=O)C(=O)N2c2nccs2)cc1OCC. The van der Waals surface area contributed by atoms with Crippen LogP contribution >= 0.6 is 11.3 Å². The molecule has 1 aliphatic heterocycles. The van der Waals surface area contributed by atoms with E-state index in [9.17, 15) is 14.7 Å². The molecule has 168 valence electrons. The zero-order valence-corrected chi connectivity index (χ0v) is 18.7. The van der Waals surface area contributed by atoms with Crippen molar-refractivity contribution < 1.29 is 24.2 Å². The predicted octanol–water partition coefficient (Wildman–Crippen LogP) is 4.73. The topological polar surface area (TPSA) is 89.0 Å². The third-order valence-electron chi connectivity index (χ3n) is 5.06. The van der Waals surface area contributed by atoms with Crippen LogP contribution in [0.3, 0.4) is 0 Å². The first-order valence-corrected chi connectivity index (χ1v) is 11.2. The summed E-state index contributed by atoms with van der Waals surface area (Å²) in [7, 11) is 0. The molecule has 1 atom stereocenters. The summed E-state index contributed by atoms with van der Waals surface area (Å²) in [4.78, 5) is 31.8. The largest absolute Gasteiger partial charge is 0.507 e. The summed E-state index contributed by atoms with van der Waals surface area (Å²) in [6, 6.07) is 13.0. The van der Waals surface area contributed by atoms with E-state index in [0.29, 0.717) is 41.0 Å². The van der Waals surface area contributed by atoms with E-state index in [1.54, 1.807) is 66.2 Å². The summed E-state index contributed by atoms with van der Waals surface area (Å²) in [6.45, 7) is 6.20. The second-order valence-electron chi connectivity index (χ2n) is 7.09. The molecule has 3 aromatic rings. The van der Waals surface area contributed by atoms with Gasteiger partial charge in [-0.1, -0.05) is 49.1 Å². The number of aliphatic hydroxyl groups excluding tert-OH is 1. The van der Waals surface area contributed by atoms with E-state index < -0.39 is 17.7 Å². The van der Waals surface area contributed by atoms with Gasteiger partial charge in [0.1, 0.15) is 12.4 Å². The monoisotopic (exact) mass is 462 g/mol. The lowest BCUT2D eigenvalue weighted by Crippen LogP contribution is -2.29. The highest BCUT2D eigenvalue weighted by Gasteiger charge is 2.48. The predicted molar refractivity (Wildman–Crippen MR) is 127 cm³/mol. The number of ether oxygens (including phenoxy) is 2. The van der Waals surface area contributed by atoms with E-state index in [4.69, 9.17) is 9.47 Å². The molecule has 1 aliphatic rings. The maximum Gasteiger partial charge on any atom is 0.301 e. The van der Waals surface area contributed by atoms with Gasteiger partial charge in [-0.3, -0.25) is 14.5 Å². The van der Waals surface area contributed by atoms with Crippen LogP contribution in [0.25, 0.3) is 5.76 Å². The smallest absolute Gasteiger partial charge is 0.301 e. The molecule has 4 rings (SSSR count).